The number of hydrogen-bond acceptors (Lipinski definition) is 4. The topological polar surface area (TPSA) is 93.5 Å². The highest BCUT2D eigenvalue weighted by molar-refractivity contribution is 5.95. The van der Waals surface area contributed by atoms with Gasteiger partial charge in [-0.15, -0.1) is 12.4 Å². The Morgan fingerprint density at radius 2 is 2.27 bits per heavy atom. The van der Waals surface area contributed by atoms with Crippen LogP contribution in [-0.2, 0) is 22.4 Å². The molecule has 0 fully saturated rings. The van der Waals surface area contributed by atoms with Crippen LogP contribution >= 0.6 is 12.4 Å². The van der Waals surface area contributed by atoms with Gasteiger partial charge in [0.05, 0.1) is 18.8 Å². The molecule has 22 heavy (non-hydrogen) atoms. The molecule has 3 rings (SSSR count). The van der Waals surface area contributed by atoms with E-state index in [9.17, 15) is 9.59 Å². The first-order valence-electron chi connectivity index (χ1n) is 7.17. The van der Waals surface area contributed by atoms with Crippen molar-refractivity contribution in [3.05, 3.63) is 22.8 Å². The molecule has 0 spiro atoms. The lowest BCUT2D eigenvalue weighted by Gasteiger charge is -2.22. The zero-order chi connectivity index (χ0) is 15.0. The largest absolute Gasteiger partial charge is 0.488 e. The smallest absolute Gasteiger partial charge is 0.233 e. The number of halogens is 1. The second kappa shape index (κ2) is 6.54. The van der Waals surface area contributed by atoms with Gasteiger partial charge in [-0.1, -0.05) is 6.07 Å². The Morgan fingerprint density at radius 3 is 3.00 bits per heavy atom. The van der Waals surface area contributed by atoms with Crippen molar-refractivity contribution in [2.75, 3.05) is 18.4 Å². The maximum Gasteiger partial charge on any atom is 0.233 e. The molecule has 0 radical (unpaired) electrons. The lowest BCUT2D eigenvalue weighted by atomic mass is 9.94. The minimum atomic E-state index is -0.181. The summed E-state index contributed by atoms with van der Waals surface area (Å²) in [4.78, 5) is 22.8. The first-order valence-corrected chi connectivity index (χ1v) is 7.17. The number of anilines is 1. The van der Waals surface area contributed by atoms with Crippen LogP contribution in [0.3, 0.4) is 0 Å². The number of nitrogens with one attached hydrogen (secondary N) is 2. The molecular formula is C15H20ClN3O3. The fourth-order valence-corrected chi connectivity index (χ4v) is 2.96. The van der Waals surface area contributed by atoms with E-state index in [1.807, 2.05) is 6.92 Å². The summed E-state index contributed by atoms with van der Waals surface area (Å²) >= 11 is 0. The van der Waals surface area contributed by atoms with Crippen molar-refractivity contribution in [3.63, 3.8) is 0 Å². The Labute approximate surface area is 135 Å². The van der Waals surface area contributed by atoms with Crippen molar-refractivity contribution in [1.29, 1.82) is 0 Å². The summed E-state index contributed by atoms with van der Waals surface area (Å²) in [6, 6.07) is 2.06. The van der Waals surface area contributed by atoms with Gasteiger partial charge in [-0.25, -0.2) is 0 Å². The van der Waals surface area contributed by atoms with Gasteiger partial charge >= 0.3 is 0 Å². The Balaban J connectivity index is 0.00000176. The third kappa shape index (κ3) is 3.03. The van der Waals surface area contributed by atoms with Gasteiger partial charge in [0.25, 0.3) is 0 Å². The SMILES string of the molecule is Cc1cc2c(c3c1NC(=O)CC3)OC(CNC(=O)CN)C2.Cl. The molecule has 1 atom stereocenters. The standard InChI is InChI=1S/C15H19N3O3.ClH/c1-8-4-9-5-10(7-17-13(20)6-16)21-15(9)11-2-3-12(19)18-14(8)11;/h4,10H,2-3,5-7,16H2,1H3,(H,17,20)(H,18,19);1H. The molecule has 2 heterocycles. The molecule has 2 amide bonds. The quantitative estimate of drug-likeness (QED) is 0.762. The summed E-state index contributed by atoms with van der Waals surface area (Å²) in [7, 11) is 0. The van der Waals surface area contributed by atoms with E-state index in [1.54, 1.807) is 0 Å². The molecule has 0 aromatic heterocycles. The predicted octanol–water partition coefficient (Wildman–Crippen LogP) is 0.680. The molecule has 120 valence electrons. The molecule has 0 bridgehead atoms. The molecule has 2 aliphatic heterocycles. The van der Waals surface area contributed by atoms with E-state index in [0.717, 1.165) is 34.5 Å². The number of rotatable bonds is 3. The number of amides is 2. The summed E-state index contributed by atoms with van der Waals surface area (Å²) in [6.07, 6.45) is 1.88. The molecule has 1 aromatic carbocycles. The lowest BCUT2D eigenvalue weighted by Crippen LogP contribution is -2.37. The Bertz CT molecular complexity index is 619. The minimum Gasteiger partial charge on any atom is -0.488 e. The van der Waals surface area contributed by atoms with Crippen molar-refractivity contribution in [2.24, 2.45) is 5.73 Å². The highest BCUT2D eigenvalue weighted by Crippen LogP contribution is 2.41. The van der Waals surface area contributed by atoms with Crippen molar-refractivity contribution in [1.82, 2.24) is 5.32 Å². The molecule has 1 aromatic rings. The minimum absolute atomic E-state index is 0. The number of ether oxygens (including phenoxy) is 1. The van der Waals surface area contributed by atoms with Crippen molar-refractivity contribution in [2.45, 2.75) is 32.3 Å². The third-order valence-electron chi connectivity index (χ3n) is 3.96. The fourth-order valence-electron chi connectivity index (χ4n) is 2.96. The number of carbonyl (C=O) groups excluding carboxylic acids is 2. The van der Waals surface area contributed by atoms with Crippen molar-refractivity contribution < 1.29 is 14.3 Å². The van der Waals surface area contributed by atoms with E-state index < -0.39 is 0 Å². The normalized spacial score (nSPS) is 18.5. The van der Waals surface area contributed by atoms with Crippen LogP contribution in [0, 0.1) is 6.92 Å². The van der Waals surface area contributed by atoms with E-state index >= 15 is 0 Å². The third-order valence-corrected chi connectivity index (χ3v) is 3.96. The maximum absolute atomic E-state index is 11.5. The average Bonchev–Trinajstić information content (AvgIpc) is 2.88. The Morgan fingerprint density at radius 1 is 1.50 bits per heavy atom. The monoisotopic (exact) mass is 325 g/mol. The fraction of sp³-hybridized carbons (Fsp3) is 0.467. The number of fused-ring (bicyclic) bond motifs is 3. The van der Waals surface area contributed by atoms with Crippen LogP contribution < -0.4 is 21.1 Å². The molecule has 0 saturated carbocycles. The second-order valence-electron chi connectivity index (χ2n) is 5.54. The first-order chi connectivity index (χ1) is 10.1. The van der Waals surface area contributed by atoms with Gasteiger partial charge in [-0.3, -0.25) is 9.59 Å². The van der Waals surface area contributed by atoms with Crippen LogP contribution in [0.15, 0.2) is 6.07 Å². The van der Waals surface area contributed by atoms with Crippen LogP contribution in [0.5, 0.6) is 5.75 Å². The van der Waals surface area contributed by atoms with Gasteiger partial charge in [0.1, 0.15) is 11.9 Å². The second-order valence-corrected chi connectivity index (χ2v) is 5.54. The number of benzene rings is 1. The molecule has 6 nitrogen and oxygen atoms in total. The van der Waals surface area contributed by atoms with E-state index in [1.165, 1.54) is 0 Å². The summed E-state index contributed by atoms with van der Waals surface area (Å²) in [6.45, 7) is 2.43. The molecule has 0 aliphatic carbocycles. The zero-order valence-corrected chi connectivity index (χ0v) is 13.2. The van der Waals surface area contributed by atoms with E-state index in [2.05, 4.69) is 16.7 Å². The highest BCUT2D eigenvalue weighted by atomic mass is 35.5. The average molecular weight is 326 g/mol. The van der Waals surface area contributed by atoms with Crippen LogP contribution in [0.2, 0.25) is 0 Å². The summed E-state index contributed by atoms with van der Waals surface area (Å²) in [5.74, 6) is 0.748. The molecule has 0 saturated heterocycles. The predicted molar refractivity (Wildman–Crippen MR) is 85.6 cm³/mol. The van der Waals surface area contributed by atoms with Gasteiger partial charge in [-0.2, -0.15) is 0 Å². The Kier molecular flexibility index (Phi) is 4.93. The summed E-state index contributed by atoms with van der Waals surface area (Å²) in [5.41, 5.74) is 9.45. The molecule has 2 aliphatic rings. The Hall–Kier alpha value is -1.79. The zero-order valence-electron chi connectivity index (χ0n) is 12.4. The van der Waals surface area contributed by atoms with E-state index in [-0.39, 0.29) is 36.9 Å². The maximum atomic E-state index is 11.5. The molecule has 4 N–H and O–H groups in total. The van der Waals surface area contributed by atoms with Crippen LogP contribution in [-0.4, -0.2) is 31.0 Å². The van der Waals surface area contributed by atoms with Gasteiger partial charge in [0, 0.05) is 18.4 Å². The highest BCUT2D eigenvalue weighted by Gasteiger charge is 2.30. The van der Waals surface area contributed by atoms with Crippen molar-refractivity contribution in [3.8, 4) is 5.75 Å². The lowest BCUT2D eigenvalue weighted by molar-refractivity contribution is -0.120. The van der Waals surface area contributed by atoms with Gasteiger partial charge in [0.15, 0.2) is 0 Å². The van der Waals surface area contributed by atoms with Crippen LogP contribution in [0.25, 0.3) is 0 Å². The number of nitrogens with two attached hydrogens (primary N) is 1. The number of hydrogen-bond donors (Lipinski definition) is 3. The number of aryl methyl sites for hydroxylation is 1. The number of carbonyl (C=O) groups is 2. The van der Waals surface area contributed by atoms with Crippen LogP contribution in [0.1, 0.15) is 23.1 Å². The summed E-state index contributed by atoms with van der Waals surface area (Å²) in [5, 5.41) is 5.68. The molecule has 7 heteroatoms. The summed E-state index contributed by atoms with van der Waals surface area (Å²) < 4.78 is 5.98. The van der Waals surface area contributed by atoms with E-state index in [0.29, 0.717) is 19.4 Å². The first kappa shape index (κ1) is 16.6. The van der Waals surface area contributed by atoms with Crippen molar-refractivity contribution >= 4 is 29.9 Å². The molecular weight excluding hydrogens is 306 g/mol. The molecule has 1 unspecified atom stereocenters. The van der Waals surface area contributed by atoms with Gasteiger partial charge in [-0.05, 0) is 24.5 Å². The van der Waals surface area contributed by atoms with Gasteiger partial charge in [0.2, 0.25) is 11.8 Å². The van der Waals surface area contributed by atoms with Crippen LogP contribution in [0.4, 0.5) is 5.69 Å². The van der Waals surface area contributed by atoms with Gasteiger partial charge < -0.3 is 21.1 Å². The van der Waals surface area contributed by atoms with E-state index in [4.69, 9.17) is 10.5 Å².